The second kappa shape index (κ2) is 7.49. The molecule has 0 bridgehead atoms. The lowest BCUT2D eigenvalue weighted by atomic mass is 10.4. The van der Waals surface area contributed by atoms with Crippen LogP contribution in [0.4, 0.5) is 0 Å². The van der Waals surface area contributed by atoms with E-state index < -0.39 is 0 Å². The Morgan fingerprint density at radius 1 is 1.77 bits per heavy atom. The third-order valence-electron chi connectivity index (χ3n) is 1.36. The van der Waals surface area contributed by atoms with Gasteiger partial charge in [-0.2, -0.15) is 0 Å². The van der Waals surface area contributed by atoms with Gasteiger partial charge in [-0.25, -0.2) is 4.79 Å². The molecule has 0 atom stereocenters. The van der Waals surface area contributed by atoms with Crippen molar-refractivity contribution in [3.8, 4) is 0 Å². The molecule has 4 heteroatoms. The Morgan fingerprint density at radius 2 is 2.46 bits per heavy atom. The Hall–Kier alpha value is -1.16. The summed E-state index contributed by atoms with van der Waals surface area (Å²) in [6.07, 6.45) is 1.88. The molecule has 0 aromatic rings. The molecule has 0 amide bonds. The van der Waals surface area contributed by atoms with Gasteiger partial charge in [0.1, 0.15) is 5.78 Å². The zero-order valence-electron chi connectivity index (χ0n) is 7.84. The van der Waals surface area contributed by atoms with Gasteiger partial charge in [-0.05, 0) is 6.92 Å². The van der Waals surface area contributed by atoms with Gasteiger partial charge in [0.25, 0.3) is 0 Å². The summed E-state index contributed by atoms with van der Waals surface area (Å²) >= 11 is 0. The Bertz CT molecular complexity index is 181. The standard InChI is InChI=1S/C5H8O2.C4H7NO/c1-3-5(6)7-4-2;6-4-1-2-5-3-4/h3H,1,4H2,2H3;5H,1-3H2. The van der Waals surface area contributed by atoms with Crippen LogP contribution >= 0.6 is 0 Å². The van der Waals surface area contributed by atoms with Crippen molar-refractivity contribution >= 4 is 11.8 Å². The molecule has 0 aromatic heterocycles. The van der Waals surface area contributed by atoms with E-state index in [0.717, 1.165) is 19.0 Å². The van der Waals surface area contributed by atoms with E-state index in [4.69, 9.17) is 0 Å². The van der Waals surface area contributed by atoms with Crippen molar-refractivity contribution in [3.05, 3.63) is 12.7 Å². The highest BCUT2D eigenvalue weighted by atomic mass is 16.5. The maximum atomic E-state index is 10.2. The highest BCUT2D eigenvalue weighted by molar-refractivity contribution is 5.82. The van der Waals surface area contributed by atoms with Gasteiger partial charge in [-0.15, -0.1) is 0 Å². The van der Waals surface area contributed by atoms with Gasteiger partial charge >= 0.3 is 5.97 Å². The maximum Gasteiger partial charge on any atom is 0.330 e. The molecule has 1 aliphatic rings. The van der Waals surface area contributed by atoms with Gasteiger partial charge in [0.05, 0.1) is 13.2 Å². The van der Waals surface area contributed by atoms with Crippen molar-refractivity contribution in [1.82, 2.24) is 5.32 Å². The molecule has 1 aliphatic heterocycles. The van der Waals surface area contributed by atoms with E-state index in [1.54, 1.807) is 6.92 Å². The van der Waals surface area contributed by atoms with Crippen molar-refractivity contribution < 1.29 is 14.3 Å². The fraction of sp³-hybridized carbons (Fsp3) is 0.556. The zero-order chi connectivity index (χ0) is 10.1. The first-order valence-electron chi connectivity index (χ1n) is 4.22. The van der Waals surface area contributed by atoms with Crippen LogP contribution in [0.1, 0.15) is 13.3 Å². The van der Waals surface area contributed by atoms with Crippen LogP contribution in [-0.4, -0.2) is 31.4 Å². The van der Waals surface area contributed by atoms with Crippen molar-refractivity contribution in [3.63, 3.8) is 0 Å². The quantitative estimate of drug-likeness (QED) is 0.496. The van der Waals surface area contributed by atoms with Gasteiger partial charge in [0.15, 0.2) is 0 Å². The SMILES string of the molecule is C=CC(=O)OCC.O=C1CCNC1. The lowest BCUT2D eigenvalue weighted by molar-refractivity contribution is -0.137. The maximum absolute atomic E-state index is 10.2. The average Bonchev–Trinajstić information content (AvgIpc) is 2.57. The van der Waals surface area contributed by atoms with Crippen LogP contribution in [0.25, 0.3) is 0 Å². The molecule has 1 fully saturated rings. The second-order valence-corrected chi connectivity index (χ2v) is 2.42. The van der Waals surface area contributed by atoms with Crippen molar-refractivity contribution in [2.24, 2.45) is 0 Å². The molecule has 0 unspecified atom stereocenters. The molecule has 1 heterocycles. The number of esters is 1. The third-order valence-corrected chi connectivity index (χ3v) is 1.36. The Morgan fingerprint density at radius 3 is 2.62 bits per heavy atom. The average molecular weight is 185 g/mol. The van der Waals surface area contributed by atoms with Gasteiger partial charge in [-0.1, -0.05) is 6.58 Å². The van der Waals surface area contributed by atoms with Crippen LogP contribution in [0, 0.1) is 0 Å². The Labute approximate surface area is 78.0 Å². The number of hydrogen-bond acceptors (Lipinski definition) is 4. The van der Waals surface area contributed by atoms with Crippen molar-refractivity contribution in [2.75, 3.05) is 19.7 Å². The van der Waals surface area contributed by atoms with E-state index in [0.29, 0.717) is 18.9 Å². The topological polar surface area (TPSA) is 55.4 Å². The number of carbonyl (C=O) groups excluding carboxylic acids is 2. The summed E-state index contributed by atoms with van der Waals surface area (Å²) in [6, 6.07) is 0. The minimum absolute atomic E-state index is 0.343. The van der Waals surface area contributed by atoms with Crippen LogP contribution in [-0.2, 0) is 14.3 Å². The molecule has 1 N–H and O–H groups in total. The van der Waals surface area contributed by atoms with Gasteiger partial charge < -0.3 is 10.1 Å². The molecule has 4 nitrogen and oxygen atoms in total. The van der Waals surface area contributed by atoms with Crippen LogP contribution in [0.15, 0.2) is 12.7 Å². The minimum atomic E-state index is -0.359. The zero-order valence-corrected chi connectivity index (χ0v) is 7.84. The molecule has 0 radical (unpaired) electrons. The molecule has 74 valence electrons. The lowest BCUT2D eigenvalue weighted by Gasteiger charge is -1.90. The van der Waals surface area contributed by atoms with Crippen LogP contribution in [0.5, 0.6) is 0 Å². The molecule has 13 heavy (non-hydrogen) atoms. The van der Waals surface area contributed by atoms with Crippen molar-refractivity contribution in [1.29, 1.82) is 0 Å². The Balaban J connectivity index is 0.000000223. The smallest absolute Gasteiger partial charge is 0.330 e. The highest BCUT2D eigenvalue weighted by Gasteiger charge is 2.06. The molecular weight excluding hydrogens is 170 g/mol. The summed E-state index contributed by atoms with van der Waals surface area (Å²) < 4.78 is 4.43. The number of ketones is 1. The molecule has 0 saturated carbocycles. The molecule has 0 aromatic carbocycles. The summed E-state index contributed by atoms with van der Waals surface area (Å²) in [7, 11) is 0. The lowest BCUT2D eigenvalue weighted by Crippen LogP contribution is -2.07. The van der Waals surface area contributed by atoms with E-state index >= 15 is 0 Å². The molecule has 1 saturated heterocycles. The molecule has 0 spiro atoms. The monoisotopic (exact) mass is 185 g/mol. The van der Waals surface area contributed by atoms with Crippen LogP contribution in [0.3, 0.4) is 0 Å². The fourth-order valence-corrected chi connectivity index (χ4v) is 0.745. The first-order chi connectivity index (χ1) is 6.20. The molecular formula is C9H15NO3. The van der Waals surface area contributed by atoms with E-state index in [2.05, 4.69) is 16.6 Å². The fourth-order valence-electron chi connectivity index (χ4n) is 0.745. The van der Waals surface area contributed by atoms with Crippen molar-refractivity contribution in [2.45, 2.75) is 13.3 Å². The van der Waals surface area contributed by atoms with E-state index in [1.165, 1.54) is 0 Å². The summed E-state index contributed by atoms with van der Waals surface area (Å²) in [5, 5.41) is 2.92. The van der Waals surface area contributed by atoms with E-state index in [1.807, 2.05) is 0 Å². The third kappa shape index (κ3) is 7.21. The first-order valence-corrected chi connectivity index (χ1v) is 4.22. The van der Waals surface area contributed by atoms with Crippen LogP contribution in [0.2, 0.25) is 0 Å². The van der Waals surface area contributed by atoms with Gasteiger partial charge in [0.2, 0.25) is 0 Å². The molecule has 0 aliphatic carbocycles. The summed E-state index contributed by atoms with van der Waals surface area (Å²) in [4.78, 5) is 20.3. The highest BCUT2D eigenvalue weighted by Crippen LogP contribution is 1.85. The van der Waals surface area contributed by atoms with Crippen LogP contribution < -0.4 is 5.32 Å². The summed E-state index contributed by atoms with van der Waals surface area (Å²) in [5.41, 5.74) is 0. The number of Topliss-reactive ketones (excluding diaryl/α,β-unsaturated/α-hetero) is 1. The summed E-state index contributed by atoms with van der Waals surface area (Å²) in [5.74, 6) is -0.0162. The first kappa shape index (κ1) is 11.8. The number of hydrogen-bond donors (Lipinski definition) is 1. The summed E-state index contributed by atoms with van der Waals surface area (Å²) in [6.45, 7) is 6.86. The van der Waals surface area contributed by atoms with Gasteiger partial charge in [-0.3, -0.25) is 4.79 Å². The largest absolute Gasteiger partial charge is 0.463 e. The molecule has 1 rings (SSSR count). The van der Waals surface area contributed by atoms with Gasteiger partial charge in [0, 0.05) is 19.0 Å². The number of ether oxygens (including phenoxy) is 1. The predicted molar refractivity (Wildman–Crippen MR) is 49.3 cm³/mol. The predicted octanol–water partition coefficient (Wildman–Crippen LogP) is 0.284. The Kier molecular flexibility index (Phi) is 6.82. The number of carbonyl (C=O) groups is 2. The van der Waals surface area contributed by atoms with E-state index in [-0.39, 0.29) is 5.97 Å². The number of nitrogens with one attached hydrogen (secondary N) is 1. The normalized spacial score (nSPS) is 14.4. The van der Waals surface area contributed by atoms with E-state index in [9.17, 15) is 9.59 Å². The number of rotatable bonds is 2. The second-order valence-electron chi connectivity index (χ2n) is 2.42. The minimum Gasteiger partial charge on any atom is -0.463 e.